The Kier molecular flexibility index (Phi) is 5.70. The molecule has 0 spiro atoms. The van der Waals surface area contributed by atoms with Crippen molar-refractivity contribution in [3.8, 4) is 17.0 Å². The maximum Gasteiger partial charge on any atom is 0.259 e. The number of nitrogens with zero attached hydrogens (tertiary/aromatic N) is 5. The minimum absolute atomic E-state index is 0.0808. The number of hydrogen-bond acceptors (Lipinski definition) is 6. The predicted octanol–water partition coefficient (Wildman–Crippen LogP) is 3.93. The lowest BCUT2D eigenvalue weighted by Gasteiger charge is -2.27. The third-order valence-electron chi connectivity index (χ3n) is 5.36. The Bertz CT molecular complexity index is 1070. The van der Waals surface area contributed by atoms with Gasteiger partial charge in [-0.25, -0.2) is 15.0 Å². The maximum atomic E-state index is 13.5. The number of ether oxygens (including phenoxy) is 1. The molecule has 3 aromatic heterocycles. The number of rotatable bonds is 5. The molecule has 4 rings (SSSR count). The molecule has 1 aliphatic rings. The molecule has 0 aliphatic carbocycles. The number of hydrogen-bond donors (Lipinski definition) is 0. The van der Waals surface area contributed by atoms with E-state index in [0.29, 0.717) is 30.4 Å². The quantitative estimate of drug-likeness (QED) is 0.642. The number of carbonyl (C=O) groups excluding carboxylic acids is 1. The first-order valence-electron chi connectivity index (χ1n) is 10.2. The molecule has 1 amide bonds. The fraction of sp³-hybridized carbons (Fsp3) is 0.348. The topological polar surface area (TPSA) is 81.1 Å². The summed E-state index contributed by atoms with van der Waals surface area (Å²) in [5, 5.41) is 0. The van der Waals surface area contributed by atoms with E-state index in [1.165, 1.54) is 0 Å². The highest BCUT2D eigenvalue weighted by Crippen LogP contribution is 2.38. The van der Waals surface area contributed by atoms with Crippen LogP contribution in [-0.4, -0.2) is 43.9 Å². The second-order valence-electron chi connectivity index (χ2n) is 7.35. The van der Waals surface area contributed by atoms with Crippen molar-refractivity contribution in [2.24, 2.45) is 0 Å². The van der Waals surface area contributed by atoms with E-state index in [1.807, 2.05) is 44.1 Å². The van der Waals surface area contributed by atoms with Crippen LogP contribution in [0.3, 0.4) is 0 Å². The van der Waals surface area contributed by atoms with Crippen LogP contribution < -0.4 is 4.74 Å². The number of aryl methyl sites for hydroxylation is 2. The minimum atomic E-state index is -0.128. The molecular formula is C23H25N5O2. The summed E-state index contributed by atoms with van der Waals surface area (Å²) in [5.41, 5.74) is 4.40. The lowest BCUT2D eigenvalue weighted by atomic mass is 9.97. The average molecular weight is 403 g/mol. The molecule has 1 saturated heterocycles. The highest BCUT2D eigenvalue weighted by molar-refractivity contribution is 5.97. The molecule has 0 N–H and O–H groups in total. The standard InChI is InChI=1S/C23H25N5O2/c1-4-30-22-18(7-5-10-25-22)23(29)28-12-6-8-20(28)21-19(14-26-16(3)27-21)17-9-11-24-13-15(17)2/h5,7,9-11,13-14,20H,4,6,8,12H2,1-3H3. The predicted molar refractivity (Wildman–Crippen MR) is 113 cm³/mol. The Balaban J connectivity index is 1.76. The van der Waals surface area contributed by atoms with Crippen molar-refractivity contribution in [2.75, 3.05) is 13.2 Å². The molecule has 1 unspecified atom stereocenters. The molecule has 1 atom stereocenters. The summed E-state index contributed by atoms with van der Waals surface area (Å²) in [6.07, 6.45) is 8.87. The van der Waals surface area contributed by atoms with E-state index in [2.05, 4.69) is 15.0 Å². The lowest BCUT2D eigenvalue weighted by Crippen LogP contribution is -2.32. The Labute approximate surface area is 176 Å². The Morgan fingerprint density at radius 1 is 1.17 bits per heavy atom. The Hall–Kier alpha value is -3.35. The summed E-state index contributed by atoms with van der Waals surface area (Å²) in [6.45, 7) is 6.91. The zero-order valence-corrected chi connectivity index (χ0v) is 17.5. The maximum absolute atomic E-state index is 13.5. The Morgan fingerprint density at radius 3 is 2.83 bits per heavy atom. The van der Waals surface area contributed by atoms with E-state index in [1.54, 1.807) is 24.5 Å². The van der Waals surface area contributed by atoms with Crippen LogP contribution in [0.4, 0.5) is 0 Å². The first-order chi connectivity index (χ1) is 14.6. The molecule has 7 heteroatoms. The monoisotopic (exact) mass is 403 g/mol. The number of pyridine rings is 2. The smallest absolute Gasteiger partial charge is 0.259 e. The van der Waals surface area contributed by atoms with Gasteiger partial charge in [-0.1, -0.05) is 0 Å². The first-order valence-corrected chi connectivity index (χ1v) is 10.2. The number of carbonyl (C=O) groups is 1. The van der Waals surface area contributed by atoms with Gasteiger partial charge in [-0.15, -0.1) is 0 Å². The minimum Gasteiger partial charge on any atom is -0.477 e. The molecule has 154 valence electrons. The zero-order valence-electron chi connectivity index (χ0n) is 17.5. The van der Waals surface area contributed by atoms with E-state index >= 15 is 0 Å². The van der Waals surface area contributed by atoms with Gasteiger partial charge in [0.2, 0.25) is 5.88 Å². The van der Waals surface area contributed by atoms with Crippen molar-refractivity contribution in [1.29, 1.82) is 0 Å². The number of aromatic nitrogens is 4. The van der Waals surface area contributed by atoms with Gasteiger partial charge in [0.05, 0.1) is 18.3 Å². The van der Waals surface area contributed by atoms with E-state index in [-0.39, 0.29) is 11.9 Å². The van der Waals surface area contributed by atoms with Gasteiger partial charge in [-0.2, -0.15) is 0 Å². The van der Waals surface area contributed by atoms with Crippen LogP contribution in [0.1, 0.15) is 53.2 Å². The van der Waals surface area contributed by atoms with Gasteiger partial charge in [-0.05, 0) is 62.9 Å². The van der Waals surface area contributed by atoms with Crippen molar-refractivity contribution in [3.05, 3.63) is 65.6 Å². The highest BCUT2D eigenvalue weighted by atomic mass is 16.5. The molecule has 0 aromatic carbocycles. The lowest BCUT2D eigenvalue weighted by molar-refractivity contribution is 0.0728. The van der Waals surface area contributed by atoms with Gasteiger partial charge in [-0.3, -0.25) is 9.78 Å². The fourth-order valence-electron chi connectivity index (χ4n) is 3.98. The van der Waals surface area contributed by atoms with Crippen LogP contribution in [0, 0.1) is 13.8 Å². The largest absolute Gasteiger partial charge is 0.477 e. The summed E-state index contributed by atoms with van der Waals surface area (Å²) in [7, 11) is 0. The first kappa shape index (κ1) is 19.9. The molecule has 0 radical (unpaired) electrons. The van der Waals surface area contributed by atoms with Crippen molar-refractivity contribution in [2.45, 2.75) is 39.7 Å². The van der Waals surface area contributed by atoms with Crippen molar-refractivity contribution >= 4 is 5.91 Å². The summed E-state index contributed by atoms with van der Waals surface area (Å²) >= 11 is 0. The SMILES string of the molecule is CCOc1ncccc1C(=O)N1CCCC1c1nc(C)ncc1-c1ccncc1C. The molecule has 1 fully saturated rings. The van der Waals surface area contributed by atoms with Crippen molar-refractivity contribution in [3.63, 3.8) is 0 Å². The van der Waals surface area contributed by atoms with Crippen LogP contribution in [0.2, 0.25) is 0 Å². The molecule has 7 nitrogen and oxygen atoms in total. The molecule has 4 heterocycles. The molecule has 30 heavy (non-hydrogen) atoms. The van der Waals surface area contributed by atoms with Gasteiger partial charge < -0.3 is 9.64 Å². The van der Waals surface area contributed by atoms with E-state index in [4.69, 9.17) is 9.72 Å². The fourth-order valence-corrected chi connectivity index (χ4v) is 3.98. The summed E-state index contributed by atoms with van der Waals surface area (Å²) < 4.78 is 5.60. The van der Waals surface area contributed by atoms with Gasteiger partial charge in [0.15, 0.2) is 0 Å². The molecule has 3 aromatic rings. The van der Waals surface area contributed by atoms with Crippen LogP contribution in [0.25, 0.3) is 11.1 Å². The second-order valence-corrected chi connectivity index (χ2v) is 7.35. The van der Waals surface area contributed by atoms with Crippen LogP contribution in [0.5, 0.6) is 5.88 Å². The van der Waals surface area contributed by atoms with Crippen molar-refractivity contribution in [1.82, 2.24) is 24.8 Å². The van der Waals surface area contributed by atoms with E-state index < -0.39 is 0 Å². The average Bonchev–Trinajstić information content (AvgIpc) is 3.24. The number of likely N-dealkylation sites (tertiary alicyclic amines) is 1. The molecular weight excluding hydrogens is 378 g/mol. The summed E-state index contributed by atoms with van der Waals surface area (Å²) in [5.74, 6) is 0.985. The van der Waals surface area contributed by atoms with Gasteiger partial charge in [0.1, 0.15) is 11.4 Å². The van der Waals surface area contributed by atoms with Crippen molar-refractivity contribution < 1.29 is 9.53 Å². The molecule has 0 saturated carbocycles. The van der Waals surface area contributed by atoms with E-state index in [0.717, 1.165) is 35.2 Å². The number of amides is 1. The normalized spacial score (nSPS) is 16.0. The van der Waals surface area contributed by atoms with Gasteiger partial charge in [0, 0.05) is 36.9 Å². The van der Waals surface area contributed by atoms with Crippen LogP contribution >= 0.6 is 0 Å². The van der Waals surface area contributed by atoms with Gasteiger partial charge >= 0.3 is 0 Å². The molecule has 1 aliphatic heterocycles. The third-order valence-corrected chi connectivity index (χ3v) is 5.36. The summed E-state index contributed by atoms with van der Waals surface area (Å²) in [6, 6.07) is 5.38. The van der Waals surface area contributed by atoms with Gasteiger partial charge in [0.25, 0.3) is 5.91 Å². The van der Waals surface area contributed by atoms with Crippen LogP contribution in [0.15, 0.2) is 43.0 Å². The Morgan fingerprint density at radius 2 is 2.03 bits per heavy atom. The molecule has 0 bridgehead atoms. The summed E-state index contributed by atoms with van der Waals surface area (Å²) in [4.78, 5) is 33.0. The second kappa shape index (κ2) is 8.57. The zero-order chi connectivity index (χ0) is 21.1. The third kappa shape index (κ3) is 3.75. The highest BCUT2D eigenvalue weighted by Gasteiger charge is 2.35. The van der Waals surface area contributed by atoms with Crippen LogP contribution in [-0.2, 0) is 0 Å². The van der Waals surface area contributed by atoms with E-state index in [9.17, 15) is 4.79 Å².